The number of nitrogens with two attached hydrogens (primary N) is 1. The van der Waals surface area contributed by atoms with Crippen LogP contribution < -0.4 is 5.73 Å². The Bertz CT molecular complexity index is 547. The number of hydrogen-bond donors (Lipinski definition) is 2. The van der Waals surface area contributed by atoms with Crippen molar-refractivity contribution < 1.29 is 5.11 Å². The second-order valence-corrected chi connectivity index (χ2v) is 4.75. The molecule has 0 radical (unpaired) electrons. The lowest BCUT2D eigenvalue weighted by Crippen LogP contribution is -2.18. The first-order valence-corrected chi connectivity index (χ1v) is 5.34. The van der Waals surface area contributed by atoms with Crippen LogP contribution in [0.2, 0.25) is 5.02 Å². The van der Waals surface area contributed by atoms with Crippen molar-refractivity contribution in [1.29, 1.82) is 0 Å². The lowest BCUT2D eigenvalue weighted by molar-refractivity contribution is 0.0809. The summed E-state index contributed by atoms with van der Waals surface area (Å²) in [6.45, 7) is 3.39. The van der Waals surface area contributed by atoms with Crippen LogP contribution in [0.3, 0.4) is 0 Å². The average molecular weight is 365 g/mol. The molecule has 0 aliphatic rings. The zero-order valence-corrected chi connectivity index (χ0v) is 12.7. The van der Waals surface area contributed by atoms with Crippen LogP contribution in [0.4, 0.5) is 5.69 Å². The van der Waals surface area contributed by atoms with E-state index < -0.39 is 5.60 Å². The molecule has 0 unspecified atom stereocenters. The molecule has 0 aliphatic heterocycles. The number of aromatic nitrogens is 1. The zero-order chi connectivity index (χ0) is 11.9. The van der Waals surface area contributed by atoms with Crippen LogP contribution in [0.25, 0.3) is 10.9 Å². The fourth-order valence-electron chi connectivity index (χ4n) is 1.86. The lowest BCUT2D eigenvalue weighted by Gasteiger charge is -2.21. The van der Waals surface area contributed by atoms with Gasteiger partial charge in [0.05, 0.1) is 23.0 Å². The minimum Gasteiger partial charge on any atom is -0.397 e. The minimum atomic E-state index is -1.02. The summed E-state index contributed by atoms with van der Waals surface area (Å²) in [5.41, 5.74) is 6.75. The molecule has 1 heterocycles. The van der Waals surface area contributed by atoms with Crippen molar-refractivity contribution in [2.75, 3.05) is 5.73 Å². The van der Waals surface area contributed by atoms with Crippen LogP contribution in [-0.4, -0.2) is 10.1 Å². The van der Waals surface area contributed by atoms with E-state index in [1.54, 1.807) is 32.2 Å². The van der Waals surface area contributed by atoms with Crippen molar-refractivity contribution in [1.82, 2.24) is 4.98 Å². The molecule has 0 atom stereocenters. The highest BCUT2D eigenvalue weighted by atomic mass is 127. The molecule has 0 saturated heterocycles. The Morgan fingerprint density at radius 3 is 2.59 bits per heavy atom. The predicted molar refractivity (Wildman–Crippen MR) is 81.8 cm³/mol. The van der Waals surface area contributed by atoms with E-state index >= 15 is 0 Å². The third kappa shape index (κ3) is 2.81. The van der Waals surface area contributed by atoms with Crippen molar-refractivity contribution in [2.45, 2.75) is 19.4 Å². The largest absolute Gasteiger partial charge is 0.397 e. The van der Waals surface area contributed by atoms with Crippen LogP contribution in [0.15, 0.2) is 24.4 Å². The van der Waals surface area contributed by atoms with Gasteiger partial charge in [0.25, 0.3) is 0 Å². The van der Waals surface area contributed by atoms with Gasteiger partial charge in [-0.05, 0) is 32.0 Å². The van der Waals surface area contributed by atoms with E-state index in [1.807, 2.05) is 6.07 Å². The summed E-state index contributed by atoms with van der Waals surface area (Å²) in [4.78, 5) is 4.20. The van der Waals surface area contributed by atoms with Crippen molar-refractivity contribution in [2.24, 2.45) is 0 Å². The SMILES string of the molecule is CC(C)(O)c1c(N)cnc2ccc(Cl)cc12.I. The zero-order valence-electron chi connectivity index (χ0n) is 9.57. The smallest absolute Gasteiger partial charge is 0.0867 e. The first-order chi connectivity index (χ1) is 7.39. The number of fused-ring (bicyclic) bond motifs is 1. The number of aliphatic hydroxyl groups is 1. The summed E-state index contributed by atoms with van der Waals surface area (Å²) in [5.74, 6) is 0. The van der Waals surface area contributed by atoms with Crippen molar-refractivity contribution in [3.8, 4) is 0 Å². The number of halogens is 2. The van der Waals surface area contributed by atoms with Gasteiger partial charge in [0.1, 0.15) is 0 Å². The standard InChI is InChI=1S/C12H13ClN2O.HI/c1-12(2,16)11-8-5-7(13)3-4-10(8)15-6-9(11)14;/h3-6,16H,14H2,1-2H3;1H. The summed E-state index contributed by atoms with van der Waals surface area (Å²) in [5, 5.41) is 11.5. The Balaban J connectivity index is 0.00000144. The van der Waals surface area contributed by atoms with Crippen molar-refractivity contribution >= 4 is 52.2 Å². The molecule has 1 aromatic heterocycles. The molecule has 1 aromatic carbocycles. The van der Waals surface area contributed by atoms with Crippen LogP contribution in [0.5, 0.6) is 0 Å². The highest BCUT2D eigenvalue weighted by Gasteiger charge is 2.22. The predicted octanol–water partition coefficient (Wildman–Crippen LogP) is 3.32. The Labute approximate surface area is 122 Å². The van der Waals surface area contributed by atoms with E-state index in [-0.39, 0.29) is 24.0 Å². The Morgan fingerprint density at radius 1 is 1.35 bits per heavy atom. The maximum absolute atomic E-state index is 10.1. The normalized spacial score (nSPS) is 11.3. The summed E-state index contributed by atoms with van der Waals surface area (Å²) < 4.78 is 0. The van der Waals surface area contributed by atoms with Gasteiger partial charge in [-0.15, -0.1) is 24.0 Å². The third-order valence-corrected chi connectivity index (χ3v) is 2.71. The second kappa shape index (κ2) is 4.96. The quantitative estimate of drug-likeness (QED) is 0.763. The Morgan fingerprint density at radius 2 is 2.00 bits per heavy atom. The summed E-state index contributed by atoms with van der Waals surface area (Å²) in [6.07, 6.45) is 1.56. The van der Waals surface area contributed by atoms with E-state index in [0.717, 1.165) is 10.9 Å². The third-order valence-electron chi connectivity index (χ3n) is 2.47. The lowest BCUT2D eigenvalue weighted by atomic mass is 9.93. The van der Waals surface area contributed by atoms with Crippen LogP contribution >= 0.6 is 35.6 Å². The Kier molecular flexibility index (Phi) is 4.22. The molecule has 0 amide bonds. The number of hydrogen-bond acceptors (Lipinski definition) is 3. The monoisotopic (exact) mass is 364 g/mol. The minimum absolute atomic E-state index is 0. The number of anilines is 1. The molecule has 2 aromatic rings. The van der Waals surface area contributed by atoms with Gasteiger partial charge < -0.3 is 10.8 Å². The van der Waals surface area contributed by atoms with Gasteiger partial charge in [-0.3, -0.25) is 4.98 Å². The van der Waals surface area contributed by atoms with Crippen LogP contribution in [-0.2, 0) is 5.60 Å². The first kappa shape index (κ1) is 14.5. The fourth-order valence-corrected chi connectivity index (χ4v) is 2.04. The number of rotatable bonds is 1. The van der Waals surface area contributed by atoms with Gasteiger partial charge in [-0.2, -0.15) is 0 Å². The second-order valence-electron chi connectivity index (χ2n) is 4.31. The fraction of sp³-hybridized carbons (Fsp3) is 0.250. The Hall–Kier alpha value is -0.590. The maximum Gasteiger partial charge on any atom is 0.0867 e. The average Bonchev–Trinajstić information content (AvgIpc) is 2.14. The summed E-state index contributed by atoms with van der Waals surface area (Å²) in [6, 6.07) is 5.35. The molecular formula is C12H14ClIN2O. The van der Waals surface area contributed by atoms with Gasteiger partial charge in [0.15, 0.2) is 0 Å². The topological polar surface area (TPSA) is 59.1 Å². The molecular weight excluding hydrogens is 351 g/mol. The number of nitrogen functional groups attached to an aromatic ring is 1. The van der Waals surface area contributed by atoms with Crippen molar-refractivity contribution in [3.05, 3.63) is 35.0 Å². The maximum atomic E-state index is 10.1. The van der Waals surface area contributed by atoms with Crippen LogP contribution in [0, 0.1) is 0 Å². The highest BCUT2D eigenvalue weighted by molar-refractivity contribution is 14.0. The molecule has 17 heavy (non-hydrogen) atoms. The van der Waals surface area contributed by atoms with Gasteiger partial charge in [-0.25, -0.2) is 0 Å². The molecule has 2 rings (SSSR count). The van der Waals surface area contributed by atoms with Gasteiger partial charge in [0.2, 0.25) is 0 Å². The van der Waals surface area contributed by atoms with E-state index in [2.05, 4.69) is 4.98 Å². The first-order valence-electron chi connectivity index (χ1n) is 4.96. The molecule has 3 nitrogen and oxygen atoms in total. The molecule has 0 aliphatic carbocycles. The van der Waals surface area contributed by atoms with Crippen molar-refractivity contribution in [3.63, 3.8) is 0 Å². The van der Waals surface area contributed by atoms with Gasteiger partial charge in [-0.1, -0.05) is 11.6 Å². The molecule has 0 spiro atoms. The molecule has 0 fully saturated rings. The van der Waals surface area contributed by atoms with Crippen LogP contribution in [0.1, 0.15) is 19.4 Å². The molecule has 0 bridgehead atoms. The van der Waals surface area contributed by atoms with Gasteiger partial charge in [0, 0.05) is 16.0 Å². The number of nitrogens with zero attached hydrogens (tertiary/aromatic N) is 1. The summed E-state index contributed by atoms with van der Waals surface area (Å²) in [7, 11) is 0. The highest BCUT2D eigenvalue weighted by Crippen LogP contribution is 2.33. The van der Waals surface area contributed by atoms with E-state index in [4.69, 9.17) is 17.3 Å². The summed E-state index contributed by atoms with van der Waals surface area (Å²) >= 11 is 5.94. The molecule has 92 valence electrons. The number of benzene rings is 1. The van der Waals surface area contributed by atoms with E-state index in [0.29, 0.717) is 16.3 Å². The number of pyridine rings is 1. The molecule has 5 heteroatoms. The van der Waals surface area contributed by atoms with E-state index in [1.165, 1.54) is 0 Å². The van der Waals surface area contributed by atoms with E-state index in [9.17, 15) is 5.11 Å². The molecule has 3 N–H and O–H groups in total. The van der Waals surface area contributed by atoms with Gasteiger partial charge >= 0.3 is 0 Å². The molecule has 0 saturated carbocycles.